The van der Waals surface area contributed by atoms with E-state index in [1.165, 1.54) is 3.57 Å². The fourth-order valence-electron chi connectivity index (χ4n) is 1.73. The maximum absolute atomic E-state index is 10.4. The van der Waals surface area contributed by atoms with Gasteiger partial charge in [-0.1, -0.05) is 12.1 Å². The Labute approximate surface area is 130 Å². The van der Waals surface area contributed by atoms with Crippen molar-refractivity contribution in [3.05, 3.63) is 46.1 Å². The first-order valence-corrected chi connectivity index (χ1v) is 7.19. The van der Waals surface area contributed by atoms with Gasteiger partial charge in [0, 0.05) is 9.77 Å². The number of hydroxylamine groups is 1. The molecule has 0 radical (unpaired) electrons. The van der Waals surface area contributed by atoms with Crippen molar-refractivity contribution in [2.75, 3.05) is 6.61 Å². The number of hydrogen-bond donors (Lipinski definition) is 2. The van der Waals surface area contributed by atoms with E-state index < -0.39 is 6.03 Å². The van der Waals surface area contributed by atoms with Crippen LogP contribution in [0.1, 0.15) is 12.1 Å². The molecule has 0 unspecified atom stereocenters. The minimum absolute atomic E-state index is 0.401. The second-order valence-corrected chi connectivity index (χ2v) is 5.30. The summed E-state index contributed by atoms with van der Waals surface area (Å²) in [6, 6.07) is 7.42. The first-order valence-electron chi connectivity index (χ1n) is 6.12. The van der Waals surface area contributed by atoms with Gasteiger partial charge in [0.05, 0.1) is 24.3 Å². The van der Waals surface area contributed by atoms with Crippen molar-refractivity contribution < 1.29 is 9.63 Å². The molecule has 2 rings (SSSR count). The highest BCUT2D eigenvalue weighted by molar-refractivity contribution is 14.1. The molecule has 0 fully saturated rings. The van der Waals surface area contributed by atoms with Crippen molar-refractivity contribution in [3.63, 3.8) is 0 Å². The van der Waals surface area contributed by atoms with Gasteiger partial charge < -0.3 is 10.3 Å². The molecule has 1 aromatic carbocycles. The summed E-state index contributed by atoms with van der Waals surface area (Å²) >= 11 is 2.30. The molecular weight excluding hydrogens is 371 g/mol. The molecule has 6 nitrogen and oxygen atoms in total. The molecule has 1 aromatic heterocycles. The van der Waals surface area contributed by atoms with Crippen molar-refractivity contribution in [3.8, 4) is 5.69 Å². The Morgan fingerprint density at radius 1 is 1.45 bits per heavy atom. The molecule has 3 N–H and O–H groups in total. The first-order chi connectivity index (χ1) is 9.66. The number of nitrogens with zero attached hydrogens (tertiary/aromatic N) is 2. The fourth-order valence-corrected chi connectivity index (χ4v) is 2.40. The average molecular weight is 386 g/mol. The van der Waals surface area contributed by atoms with Crippen LogP contribution in [0.25, 0.3) is 5.69 Å². The number of carbonyl (C=O) groups excluding carboxylic acids is 1. The minimum Gasteiger partial charge on any atom is -0.350 e. The molecule has 0 atom stereocenters. The van der Waals surface area contributed by atoms with Crippen LogP contribution in [0.15, 0.2) is 36.8 Å². The highest BCUT2D eigenvalue weighted by Gasteiger charge is 2.04. The number of benzene rings is 1. The summed E-state index contributed by atoms with van der Waals surface area (Å²) in [5.74, 6) is 0. The number of urea groups is 1. The van der Waals surface area contributed by atoms with E-state index in [2.05, 4.69) is 39.1 Å². The maximum atomic E-state index is 10.4. The predicted octanol–water partition coefficient (Wildman–Crippen LogP) is 2.01. The van der Waals surface area contributed by atoms with Crippen LogP contribution in [-0.2, 0) is 11.3 Å². The Kier molecular flexibility index (Phi) is 5.36. The summed E-state index contributed by atoms with van der Waals surface area (Å²) in [6.07, 6.45) is 5.33. The number of hydrogen-bond acceptors (Lipinski definition) is 3. The van der Waals surface area contributed by atoms with Crippen LogP contribution in [0.2, 0.25) is 0 Å². The van der Waals surface area contributed by atoms with Gasteiger partial charge in [-0.05, 0) is 47.6 Å². The fraction of sp³-hybridized carbons (Fsp3) is 0.231. The van der Waals surface area contributed by atoms with Crippen molar-refractivity contribution >= 4 is 28.6 Å². The van der Waals surface area contributed by atoms with Crippen molar-refractivity contribution in [1.82, 2.24) is 15.0 Å². The lowest BCUT2D eigenvalue weighted by Crippen LogP contribution is -2.29. The standard InChI is InChI=1S/C13H15IN4O2/c14-11-5-1-2-6-12(11)18-8-10(16-9-18)4-3-7-20-17-13(15)19/h1-2,5-6,8-9H,3-4,7H2,(H3,15,17,19). The Balaban J connectivity index is 1.87. The zero-order valence-electron chi connectivity index (χ0n) is 10.8. The first kappa shape index (κ1) is 14.8. The number of aryl methyl sites for hydroxylation is 1. The van der Waals surface area contributed by atoms with Crippen LogP contribution in [0.3, 0.4) is 0 Å². The molecule has 20 heavy (non-hydrogen) atoms. The second kappa shape index (κ2) is 7.25. The van der Waals surface area contributed by atoms with Crippen LogP contribution in [0.4, 0.5) is 4.79 Å². The van der Waals surface area contributed by atoms with Gasteiger partial charge in [0.25, 0.3) is 0 Å². The lowest BCUT2D eigenvalue weighted by Gasteiger charge is -2.04. The van der Waals surface area contributed by atoms with E-state index in [0.717, 1.165) is 24.2 Å². The molecule has 2 amide bonds. The molecular formula is C13H15IN4O2. The molecule has 0 aliphatic carbocycles. The number of rotatable bonds is 6. The molecule has 106 valence electrons. The number of primary amides is 1. The number of nitrogens with two attached hydrogens (primary N) is 1. The lowest BCUT2D eigenvalue weighted by atomic mass is 10.2. The largest absolute Gasteiger partial charge is 0.350 e. The van der Waals surface area contributed by atoms with Crippen molar-refractivity contribution in [2.45, 2.75) is 12.8 Å². The highest BCUT2D eigenvalue weighted by atomic mass is 127. The summed E-state index contributed by atoms with van der Waals surface area (Å²) in [5, 5.41) is 0. The maximum Gasteiger partial charge on any atom is 0.336 e. The zero-order chi connectivity index (χ0) is 14.4. The molecule has 0 bridgehead atoms. The topological polar surface area (TPSA) is 82.2 Å². The monoisotopic (exact) mass is 386 g/mol. The quantitative estimate of drug-likeness (QED) is 0.453. The summed E-state index contributed by atoms with van der Waals surface area (Å²) in [5.41, 5.74) is 9.05. The molecule has 0 aliphatic rings. The van der Waals surface area contributed by atoms with Crippen LogP contribution in [0.5, 0.6) is 0 Å². The van der Waals surface area contributed by atoms with E-state index in [-0.39, 0.29) is 0 Å². The predicted molar refractivity (Wildman–Crippen MR) is 83.3 cm³/mol. The van der Waals surface area contributed by atoms with Gasteiger partial charge in [-0.25, -0.2) is 15.3 Å². The van der Waals surface area contributed by atoms with E-state index in [1.54, 1.807) is 6.33 Å². The van der Waals surface area contributed by atoms with Gasteiger partial charge in [0.1, 0.15) is 0 Å². The third-order valence-electron chi connectivity index (χ3n) is 2.62. The van der Waals surface area contributed by atoms with Crippen LogP contribution in [0, 0.1) is 3.57 Å². The Hall–Kier alpha value is -1.61. The number of nitrogens with one attached hydrogen (secondary N) is 1. The smallest absolute Gasteiger partial charge is 0.336 e. The number of amides is 2. The lowest BCUT2D eigenvalue weighted by molar-refractivity contribution is 0.0628. The van der Waals surface area contributed by atoms with E-state index in [0.29, 0.717) is 6.61 Å². The molecule has 0 aliphatic heterocycles. The Morgan fingerprint density at radius 2 is 2.25 bits per heavy atom. The van der Waals surface area contributed by atoms with Crippen molar-refractivity contribution in [2.24, 2.45) is 5.73 Å². The van der Waals surface area contributed by atoms with Crippen LogP contribution in [-0.4, -0.2) is 22.2 Å². The summed E-state index contributed by atoms with van der Waals surface area (Å²) in [7, 11) is 0. The van der Waals surface area contributed by atoms with Crippen LogP contribution >= 0.6 is 22.6 Å². The average Bonchev–Trinajstić information content (AvgIpc) is 2.87. The summed E-state index contributed by atoms with van der Waals surface area (Å²) < 4.78 is 3.17. The highest BCUT2D eigenvalue weighted by Crippen LogP contribution is 2.17. The minimum atomic E-state index is -0.687. The van der Waals surface area contributed by atoms with E-state index >= 15 is 0 Å². The number of carbonyl (C=O) groups is 1. The normalized spacial score (nSPS) is 10.4. The molecule has 7 heteroatoms. The molecule has 0 saturated carbocycles. The summed E-state index contributed by atoms with van der Waals surface area (Å²) in [6.45, 7) is 0.401. The van der Waals surface area contributed by atoms with Gasteiger partial charge in [-0.3, -0.25) is 4.84 Å². The third kappa shape index (κ3) is 4.20. The molecule has 2 aromatic rings. The zero-order valence-corrected chi connectivity index (χ0v) is 12.9. The van der Waals surface area contributed by atoms with E-state index in [9.17, 15) is 4.79 Å². The van der Waals surface area contributed by atoms with Gasteiger partial charge >= 0.3 is 6.03 Å². The number of aromatic nitrogens is 2. The second-order valence-electron chi connectivity index (χ2n) is 4.14. The number of halogens is 1. The SMILES string of the molecule is NC(=O)NOCCCc1cn(-c2ccccc2I)cn1. The molecule has 1 heterocycles. The van der Waals surface area contributed by atoms with Gasteiger partial charge in [-0.2, -0.15) is 0 Å². The Morgan fingerprint density at radius 3 is 3.00 bits per heavy atom. The van der Waals surface area contributed by atoms with Gasteiger partial charge in [0.15, 0.2) is 0 Å². The molecule has 0 saturated heterocycles. The third-order valence-corrected chi connectivity index (χ3v) is 3.53. The summed E-state index contributed by atoms with van der Waals surface area (Å²) in [4.78, 5) is 19.6. The number of para-hydroxylation sites is 1. The van der Waals surface area contributed by atoms with E-state index in [1.807, 2.05) is 29.0 Å². The Bertz CT molecular complexity index is 585. The van der Waals surface area contributed by atoms with Gasteiger partial charge in [-0.15, -0.1) is 0 Å². The molecule has 0 spiro atoms. The van der Waals surface area contributed by atoms with Crippen LogP contribution < -0.4 is 11.2 Å². The van der Waals surface area contributed by atoms with E-state index in [4.69, 9.17) is 10.6 Å². The van der Waals surface area contributed by atoms with Gasteiger partial charge in [0.2, 0.25) is 0 Å². The number of imidazole rings is 1. The van der Waals surface area contributed by atoms with Crippen molar-refractivity contribution in [1.29, 1.82) is 0 Å².